The van der Waals surface area contributed by atoms with Crippen LogP contribution >= 0.6 is 0 Å². The van der Waals surface area contributed by atoms with Gasteiger partial charge in [-0.3, -0.25) is 0 Å². The third-order valence-corrected chi connectivity index (χ3v) is 4.69. The van der Waals surface area contributed by atoms with Crippen molar-refractivity contribution in [2.75, 3.05) is 25.9 Å². The molecule has 1 aliphatic carbocycles. The summed E-state index contributed by atoms with van der Waals surface area (Å²) in [5, 5.41) is 0. The van der Waals surface area contributed by atoms with Gasteiger partial charge in [0.1, 0.15) is 0 Å². The summed E-state index contributed by atoms with van der Waals surface area (Å²) in [6.45, 7) is 0.875. The minimum atomic E-state index is -3.09. The van der Waals surface area contributed by atoms with Crippen molar-refractivity contribution < 1.29 is 8.42 Å². The Balaban J connectivity index is 2.43. The molecule has 0 aromatic heterocycles. The van der Waals surface area contributed by atoms with E-state index in [4.69, 9.17) is 5.73 Å². The van der Waals surface area contributed by atoms with E-state index in [9.17, 15) is 8.42 Å². The molecule has 1 fully saturated rings. The Labute approximate surface area is 86.5 Å². The molecule has 0 aromatic carbocycles. The largest absolute Gasteiger partial charge is 0.329 e. The van der Waals surface area contributed by atoms with Gasteiger partial charge in [-0.05, 0) is 18.8 Å². The number of hydrogen-bond acceptors (Lipinski definition) is 3. The highest BCUT2D eigenvalue weighted by Gasteiger charge is 2.22. The van der Waals surface area contributed by atoms with E-state index in [-0.39, 0.29) is 12.3 Å². The van der Waals surface area contributed by atoms with Gasteiger partial charge in [-0.1, -0.05) is 12.8 Å². The minimum Gasteiger partial charge on any atom is -0.329 e. The van der Waals surface area contributed by atoms with Crippen molar-refractivity contribution in [3.8, 4) is 0 Å². The van der Waals surface area contributed by atoms with Crippen molar-refractivity contribution in [1.29, 1.82) is 0 Å². The topological polar surface area (TPSA) is 63.4 Å². The summed E-state index contributed by atoms with van der Waals surface area (Å²) in [6, 6.07) is 0. The Morgan fingerprint density at radius 1 is 1.36 bits per heavy atom. The Hall–Kier alpha value is -0.130. The molecular formula is C9H20N2O2S. The van der Waals surface area contributed by atoms with E-state index in [0.29, 0.717) is 12.5 Å². The van der Waals surface area contributed by atoms with Gasteiger partial charge in [0.15, 0.2) is 0 Å². The molecule has 5 heteroatoms. The maximum atomic E-state index is 11.6. The quantitative estimate of drug-likeness (QED) is 0.729. The van der Waals surface area contributed by atoms with Gasteiger partial charge in [-0.15, -0.1) is 0 Å². The maximum absolute atomic E-state index is 11.6. The minimum absolute atomic E-state index is 0.0657. The second-order valence-corrected chi connectivity index (χ2v) is 6.23. The number of rotatable bonds is 5. The smallest absolute Gasteiger partial charge is 0.215 e. The Morgan fingerprint density at radius 3 is 2.43 bits per heavy atom. The zero-order valence-corrected chi connectivity index (χ0v) is 9.59. The molecule has 0 heterocycles. The van der Waals surface area contributed by atoms with Crippen molar-refractivity contribution in [2.24, 2.45) is 11.7 Å². The third-order valence-electron chi connectivity index (χ3n) is 2.84. The Morgan fingerprint density at radius 2 is 1.93 bits per heavy atom. The highest BCUT2D eigenvalue weighted by molar-refractivity contribution is 7.89. The van der Waals surface area contributed by atoms with Crippen LogP contribution in [0.15, 0.2) is 0 Å². The molecule has 4 nitrogen and oxygen atoms in total. The molecule has 2 N–H and O–H groups in total. The molecule has 0 spiro atoms. The highest BCUT2D eigenvalue weighted by atomic mass is 32.2. The lowest BCUT2D eigenvalue weighted by Crippen LogP contribution is -2.35. The molecule has 0 amide bonds. The van der Waals surface area contributed by atoms with Gasteiger partial charge in [0.25, 0.3) is 0 Å². The van der Waals surface area contributed by atoms with Crippen LogP contribution in [-0.2, 0) is 10.0 Å². The van der Waals surface area contributed by atoms with Crippen LogP contribution in [0.2, 0.25) is 0 Å². The number of nitrogens with two attached hydrogens (primary N) is 1. The molecule has 0 aromatic rings. The predicted molar refractivity (Wildman–Crippen MR) is 57.4 cm³/mol. The average molecular weight is 220 g/mol. The molecule has 0 radical (unpaired) electrons. The van der Waals surface area contributed by atoms with E-state index in [2.05, 4.69) is 0 Å². The molecule has 1 aliphatic rings. The fourth-order valence-electron chi connectivity index (χ4n) is 1.97. The molecule has 1 rings (SSSR count). The SMILES string of the molecule is CN(CC1CCCC1)S(=O)(=O)CCN. The molecule has 0 saturated heterocycles. The van der Waals surface area contributed by atoms with Gasteiger partial charge in [-0.2, -0.15) is 0 Å². The Bertz CT molecular complexity index is 258. The third kappa shape index (κ3) is 3.22. The molecule has 0 atom stereocenters. The molecule has 0 bridgehead atoms. The number of hydrogen-bond donors (Lipinski definition) is 1. The second-order valence-electron chi connectivity index (χ2n) is 4.04. The van der Waals surface area contributed by atoms with Crippen LogP contribution in [0.5, 0.6) is 0 Å². The normalized spacial score (nSPS) is 19.4. The van der Waals surface area contributed by atoms with E-state index in [0.717, 1.165) is 0 Å². The van der Waals surface area contributed by atoms with Gasteiger partial charge >= 0.3 is 0 Å². The van der Waals surface area contributed by atoms with E-state index >= 15 is 0 Å². The lowest BCUT2D eigenvalue weighted by Gasteiger charge is -2.20. The van der Waals surface area contributed by atoms with Crippen molar-refractivity contribution >= 4 is 10.0 Å². The zero-order chi connectivity index (χ0) is 10.6. The predicted octanol–water partition coefficient (Wildman–Crippen LogP) is 0.397. The lowest BCUT2D eigenvalue weighted by molar-refractivity contribution is 0.387. The second kappa shape index (κ2) is 5.09. The first-order valence-electron chi connectivity index (χ1n) is 5.20. The Kier molecular flexibility index (Phi) is 4.34. The van der Waals surface area contributed by atoms with Gasteiger partial charge in [0.2, 0.25) is 10.0 Å². The molecule has 14 heavy (non-hydrogen) atoms. The van der Waals surface area contributed by atoms with Crippen molar-refractivity contribution in [3.05, 3.63) is 0 Å². The summed E-state index contributed by atoms with van der Waals surface area (Å²) >= 11 is 0. The number of nitrogens with zero attached hydrogens (tertiary/aromatic N) is 1. The average Bonchev–Trinajstić information content (AvgIpc) is 2.56. The van der Waals surface area contributed by atoms with Gasteiger partial charge in [-0.25, -0.2) is 12.7 Å². The van der Waals surface area contributed by atoms with Crippen molar-refractivity contribution in [1.82, 2.24) is 4.31 Å². The van der Waals surface area contributed by atoms with Crippen LogP contribution in [0, 0.1) is 5.92 Å². The van der Waals surface area contributed by atoms with Gasteiger partial charge < -0.3 is 5.73 Å². The van der Waals surface area contributed by atoms with Crippen molar-refractivity contribution in [3.63, 3.8) is 0 Å². The summed E-state index contributed by atoms with van der Waals surface area (Å²) in [5.41, 5.74) is 5.25. The van der Waals surface area contributed by atoms with Crippen LogP contribution < -0.4 is 5.73 Å². The summed E-state index contributed by atoms with van der Waals surface area (Å²) in [5.74, 6) is 0.628. The maximum Gasteiger partial charge on any atom is 0.215 e. The standard InChI is InChI=1S/C9H20N2O2S/c1-11(14(12,13)7-6-10)8-9-4-2-3-5-9/h9H,2-8,10H2,1H3. The van der Waals surface area contributed by atoms with Gasteiger partial charge in [0, 0.05) is 20.1 Å². The summed E-state index contributed by atoms with van der Waals surface area (Å²) in [4.78, 5) is 0. The highest BCUT2D eigenvalue weighted by Crippen LogP contribution is 2.25. The molecular weight excluding hydrogens is 200 g/mol. The fourth-order valence-corrected chi connectivity index (χ4v) is 3.02. The monoisotopic (exact) mass is 220 g/mol. The first kappa shape index (κ1) is 11.9. The van der Waals surface area contributed by atoms with Crippen LogP contribution in [0.3, 0.4) is 0 Å². The van der Waals surface area contributed by atoms with Crippen LogP contribution in [-0.4, -0.2) is 38.6 Å². The summed E-state index contributed by atoms with van der Waals surface area (Å²) < 4.78 is 24.6. The molecule has 84 valence electrons. The zero-order valence-electron chi connectivity index (χ0n) is 8.78. The number of sulfonamides is 1. The first-order valence-corrected chi connectivity index (χ1v) is 6.81. The van der Waals surface area contributed by atoms with Crippen LogP contribution in [0.4, 0.5) is 0 Å². The first-order chi connectivity index (χ1) is 6.56. The summed E-state index contributed by atoms with van der Waals surface area (Å²) in [6.07, 6.45) is 4.83. The van der Waals surface area contributed by atoms with Crippen LogP contribution in [0.1, 0.15) is 25.7 Å². The van der Waals surface area contributed by atoms with E-state index < -0.39 is 10.0 Å². The molecule has 0 unspecified atom stereocenters. The molecule has 1 saturated carbocycles. The van der Waals surface area contributed by atoms with Crippen molar-refractivity contribution in [2.45, 2.75) is 25.7 Å². The summed E-state index contributed by atoms with van der Waals surface area (Å²) in [7, 11) is -1.43. The van der Waals surface area contributed by atoms with E-state index in [1.807, 2.05) is 0 Å². The van der Waals surface area contributed by atoms with Crippen LogP contribution in [0.25, 0.3) is 0 Å². The molecule has 0 aliphatic heterocycles. The lowest BCUT2D eigenvalue weighted by atomic mass is 10.1. The van der Waals surface area contributed by atoms with E-state index in [1.54, 1.807) is 7.05 Å². The van der Waals surface area contributed by atoms with E-state index in [1.165, 1.54) is 30.0 Å². The van der Waals surface area contributed by atoms with Gasteiger partial charge in [0.05, 0.1) is 5.75 Å². The fraction of sp³-hybridized carbons (Fsp3) is 1.00.